The van der Waals surface area contributed by atoms with E-state index in [0.717, 1.165) is 23.8 Å². The smallest absolute Gasteiger partial charge is 0.230 e. The molecule has 0 fully saturated rings. The van der Waals surface area contributed by atoms with Crippen molar-refractivity contribution in [2.45, 2.75) is 25.4 Å². The Balaban J connectivity index is 1.87. The Morgan fingerprint density at radius 2 is 2.10 bits per heavy atom. The summed E-state index contributed by atoms with van der Waals surface area (Å²) in [5, 5.41) is 11.6. The minimum absolute atomic E-state index is 0.0308. The second kappa shape index (κ2) is 7.83. The SMILES string of the molecule is CC(C)CCNC(=O)CSc1nncn1-c1ccccc1. The zero-order valence-electron chi connectivity index (χ0n) is 12.3. The van der Waals surface area contributed by atoms with Crippen molar-refractivity contribution in [2.24, 2.45) is 5.92 Å². The van der Waals surface area contributed by atoms with Crippen LogP contribution in [-0.2, 0) is 4.79 Å². The minimum atomic E-state index is 0.0308. The average Bonchev–Trinajstić information content (AvgIpc) is 2.94. The zero-order chi connectivity index (χ0) is 15.1. The van der Waals surface area contributed by atoms with E-state index in [2.05, 4.69) is 29.4 Å². The molecule has 1 aromatic carbocycles. The zero-order valence-corrected chi connectivity index (χ0v) is 13.1. The van der Waals surface area contributed by atoms with Crippen molar-refractivity contribution >= 4 is 17.7 Å². The predicted octanol–water partition coefficient (Wildman–Crippen LogP) is 2.52. The third-order valence-corrected chi connectivity index (χ3v) is 3.87. The molecule has 0 unspecified atom stereocenters. The van der Waals surface area contributed by atoms with Crippen molar-refractivity contribution in [3.8, 4) is 5.69 Å². The number of thioether (sulfide) groups is 1. The van der Waals surface area contributed by atoms with Crippen molar-refractivity contribution in [3.05, 3.63) is 36.7 Å². The molecule has 0 aliphatic rings. The molecule has 1 N–H and O–H groups in total. The molecule has 0 spiro atoms. The van der Waals surface area contributed by atoms with Gasteiger partial charge in [-0.3, -0.25) is 9.36 Å². The van der Waals surface area contributed by atoms with Gasteiger partial charge in [-0.15, -0.1) is 10.2 Å². The first-order valence-corrected chi connectivity index (χ1v) is 8.00. The van der Waals surface area contributed by atoms with Crippen LogP contribution in [0.1, 0.15) is 20.3 Å². The van der Waals surface area contributed by atoms with Crippen LogP contribution in [0.4, 0.5) is 0 Å². The quantitative estimate of drug-likeness (QED) is 0.799. The minimum Gasteiger partial charge on any atom is -0.355 e. The molecule has 0 aliphatic heterocycles. The number of amides is 1. The Morgan fingerprint density at radius 1 is 1.33 bits per heavy atom. The Bertz CT molecular complexity index is 568. The molecule has 2 aromatic rings. The summed E-state index contributed by atoms with van der Waals surface area (Å²) in [6.07, 6.45) is 2.66. The molecule has 0 saturated heterocycles. The van der Waals surface area contributed by atoms with Gasteiger partial charge in [0.2, 0.25) is 5.91 Å². The van der Waals surface area contributed by atoms with Crippen LogP contribution in [0, 0.1) is 5.92 Å². The number of aromatic nitrogens is 3. The van der Waals surface area contributed by atoms with Gasteiger partial charge in [-0.25, -0.2) is 0 Å². The number of nitrogens with one attached hydrogen (secondary N) is 1. The molecule has 112 valence electrons. The molecule has 2 rings (SSSR count). The Hall–Kier alpha value is -1.82. The lowest BCUT2D eigenvalue weighted by Gasteiger charge is -2.08. The standard InChI is InChI=1S/C15H20N4OS/c1-12(2)8-9-16-14(20)10-21-15-18-17-11-19(15)13-6-4-3-5-7-13/h3-7,11-12H,8-10H2,1-2H3,(H,16,20). The van der Waals surface area contributed by atoms with Crippen LogP contribution in [0.25, 0.3) is 5.69 Å². The number of para-hydroxylation sites is 1. The summed E-state index contributed by atoms with van der Waals surface area (Å²) < 4.78 is 1.88. The third-order valence-electron chi connectivity index (χ3n) is 2.93. The van der Waals surface area contributed by atoms with Crippen LogP contribution in [0.2, 0.25) is 0 Å². The van der Waals surface area contributed by atoms with Crippen molar-refractivity contribution in [2.75, 3.05) is 12.3 Å². The summed E-state index contributed by atoms with van der Waals surface area (Å²) in [5.41, 5.74) is 0.991. The molecule has 0 aliphatic carbocycles. The lowest BCUT2D eigenvalue weighted by Crippen LogP contribution is -2.27. The highest BCUT2D eigenvalue weighted by Crippen LogP contribution is 2.18. The summed E-state index contributed by atoms with van der Waals surface area (Å²) in [5.74, 6) is 0.978. The second-order valence-corrected chi connectivity index (χ2v) is 6.08. The molecule has 0 saturated carbocycles. The Kier molecular flexibility index (Phi) is 5.80. The first-order chi connectivity index (χ1) is 10.2. The highest BCUT2D eigenvalue weighted by Gasteiger charge is 2.09. The summed E-state index contributed by atoms with van der Waals surface area (Å²) in [6.45, 7) is 5.01. The maximum atomic E-state index is 11.8. The van der Waals surface area contributed by atoms with Crippen LogP contribution in [-0.4, -0.2) is 33.0 Å². The molecule has 1 heterocycles. The maximum absolute atomic E-state index is 11.8. The molecule has 1 amide bonds. The van der Waals surface area contributed by atoms with Crippen molar-refractivity contribution in [1.82, 2.24) is 20.1 Å². The monoisotopic (exact) mass is 304 g/mol. The molecule has 5 nitrogen and oxygen atoms in total. The normalized spacial score (nSPS) is 10.8. The van der Waals surface area contributed by atoms with E-state index < -0.39 is 0 Å². The number of benzene rings is 1. The summed E-state index contributed by atoms with van der Waals surface area (Å²) >= 11 is 1.39. The highest BCUT2D eigenvalue weighted by molar-refractivity contribution is 7.99. The second-order valence-electron chi connectivity index (χ2n) is 5.14. The molecule has 6 heteroatoms. The van der Waals surface area contributed by atoms with E-state index in [1.807, 2.05) is 34.9 Å². The van der Waals surface area contributed by atoms with Crippen molar-refractivity contribution < 1.29 is 4.79 Å². The van der Waals surface area contributed by atoms with Gasteiger partial charge in [0, 0.05) is 12.2 Å². The number of hydrogen-bond donors (Lipinski definition) is 1. The van der Waals surface area contributed by atoms with Gasteiger partial charge in [-0.2, -0.15) is 0 Å². The maximum Gasteiger partial charge on any atom is 0.230 e. The number of rotatable bonds is 7. The lowest BCUT2D eigenvalue weighted by atomic mass is 10.1. The van der Waals surface area contributed by atoms with Gasteiger partial charge in [0.05, 0.1) is 5.75 Å². The number of hydrogen-bond acceptors (Lipinski definition) is 4. The fourth-order valence-electron chi connectivity index (χ4n) is 1.77. The Morgan fingerprint density at radius 3 is 2.81 bits per heavy atom. The van der Waals surface area contributed by atoms with Crippen LogP contribution in [0.3, 0.4) is 0 Å². The van der Waals surface area contributed by atoms with Gasteiger partial charge in [0.15, 0.2) is 5.16 Å². The molecular formula is C15H20N4OS. The summed E-state index contributed by atoms with van der Waals surface area (Å²) in [4.78, 5) is 11.8. The topological polar surface area (TPSA) is 59.8 Å². The van der Waals surface area contributed by atoms with Gasteiger partial charge in [0.25, 0.3) is 0 Å². The number of carbonyl (C=O) groups is 1. The van der Waals surface area contributed by atoms with Crippen molar-refractivity contribution in [1.29, 1.82) is 0 Å². The number of nitrogens with zero attached hydrogens (tertiary/aromatic N) is 3. The van der Waals surface area contributed by atoms with Gasteiger partial charge >= 0.3 is 0 Å². The molecule has 0 bridgehead atoms. The van der Waals surface area contributed by atoms with E-state index in [4.69, 9.17) is 0 Å². The lowest BCUT2D eigenvalue weighted by molar-refractivity contribution is -0.118. The van der Waals surface area contributed by atoms with Crippen LogP contribution < -0.4 is 5.32 Å². The fraction of sp³-hybridized carbons (Fsp3) is 0.400. The van der Waals surface area contributed by atoms with Crippen LogP contribution in [0.5, 0.6) is 0 Å². The first kappa shape index (κ1) is 15.6. The largest absolute Gasteiger partial charge is 0.355 e. The van der Waals surface area contributed by atoms with Gasteiger partial charge in [0.1, 0.15) is 6.33 Å². The van der Waals surface area contributed by atoms with Gasteiger partial charge < -0.3 is 5.32 Å². The summed E-state index contributed by atoms with van der Waals surface area (Å²) in [7, 11) is 0. The van der Waals surface area contributed by atoms with Gasteiger partial charge in [-0.1, -0.05) is 43.8 Å². The third kappa shape index (κ3) is 4.90. The first-order valence-electron chi connectivity index (χ1n) is 7.01. The van der Waals surface area contributed by atoms with E-state index in [-0.39, 0.29) is 5.91 Å². The van der Waals surface area contributed by atoms with Crippen LogP contribution in [0.15, 0.2) is 41.8 Å². The van der Waals surface area contributed by atoms with E-state index >= 15 is 0 Å². The van der Waals surface area contributed by atoms with E-state index in [1.165, 1.54) is 11.8 Å². The van der Waals surface area contributed by atoms with E-state index in [9.17, 15) is 4.79 Å². The fourth-order valence-corrected chi connectivity index (χ4v) is 2.53. The average molecular weight is 304 g/mol. The van der Waals surface area contributed by atoms with Crippen molar-refractivity contribution in [3.63, 3.8) is 0 Å². The molecule has 0 radical (unpaired) electrons. The molecule has 21 heavy (non-hydrogen) atoms. The number of carbonyl (C=O) groups excluding carboxylic acids is 1. The van der Waals surface area contributed by atoms with Crippen LogP contribution >= 0.6 is 11.8 Å². The molecular weight excluding hydrogens is 284 g/mol. The Labute approximate surface area is 129 Å². The molecule has 0 atom stereocenters. The van der Waals surface area contributed by atoms with E-state index in [1.54, 1.807) is 6.33 Å². The van der Waals surface area contributed by atoms with Gasteiger partial charge in [-0.05, 0) is 24.5 Å². The van der Waals surface area contributed by atoms with E-state index in [0.29, 0.717) is 11.7 Å². The predicted molar refractivity (Wildman–Crippen MR) is 84.5 cm³/mol. The highest BCUT2D eigenvalue weighted by atomic mass is 32.2. The summed E-state index contributed by atoms with van der Waals surface area (Å²) in [6, 6.07) is 9.85. The molecule has 1 aromatic heterocycles.